The second kappa shape index (κ2) is 13.4. The molecule has 0 aliphatic carbocycles. The highest BCUT2D eigenvalue weighted by atomic mass is 32.2. The first-order valence-electron chi connectivity index (χ1n) is 13.9. The fourth-order valence-electron chi connectivity index (χ4n) is 5.01. The monoisotopic (exact) mass is 619 g/mol. The summed E-state index contributed by atoms with van der Waals surface area (Å²) in [6.45, 7) is 4.52. The minimum Gasteiger partial charge on any atom is -0.488 e. The van der Waals surface area contributed by atoms with Gasteiger partial charge in [-0.2, -0.15) is 13.2 Å². The van der Waals surface area contributed by atoms with Crippen molar-refractivity contribution in [3.05, 3.63) is 89.5 Å². The van der Waals surface area contributed by atoms with Crippen molar-refractivity contribution in [1.82, 2.24) is 9.80 Å². The van der Waals surface area contributed by atoms with E-state index in [9.17, 15) is 31.5 Å². The van der Waals surface area contributed by atoms with Crippen molar-refractivity contribution in [2.75, 3.05) is 31.5 Å². The lowest BCUT2D eigenvalue weighted by molar-refractivity contribution is -0.137. The van der Waals surface area contributed by atoms with Gasteiger partial charge in [0.25, 0.3) is 10.0 Å². The van der Waals surface area contributed by atoms with Gasteiger partial charge in [0.05, 0.1) is 29.5 Å². The molecule has 3 aromatic carbocycles. The van der Waals surface area contributed by atoms with Gasteiger partial charge in [-0.15, -0.1) is 0 Å². The summed E-state index contributed by atoms with van der Waals surface area (Å²) in [4.78, 5) is 17.1. The molecule has 0 saturated carbocycles. The molecule has 3 atom stereocenters. The number of hydrogen-bond acceptors (Lipinski definition) is 6. The van der Waals surface area contributed by atoms with Crippen molar-refractivity contribution in [3.63, 3.8) is 0 Å². The second-order valence-corrected chi connectivity index (χ2v) is 12.7. The molecular weight excluding hydrogens is 583 g/mol. The molecule has 43 heavy (non-hydrogen) atoms. The second-order valence-electron chi connectivity index (χ2n) is 11.0. The fourth-order valence-corrected chi connectivity index (χ4v) is 6.08. The molecule has 1 heterocycles. The maximum atomic E-state index is 13.4. The summed E-state index contributed by atoms with van der Waals surface area (Å²) in [7, 11) is -2.03. The highest BCUT2D eigenvalue weighted by molar-refractivity contribution is 7.92. The molecule has 3 aromatic rings. The van der Waals surface area contributed by atoms with Gasteiger partial charge in [0.15, 0.2) is 0 Å². The Morgan fingerprint density at radius 1 is 1.09 bits per heavy atom. The van der Waals surface area contributed by atoms with Crippen LogP contribution in [-0.4, -0.2) is 68.1 Å². The number of halogens is 3. The Bertz CT molecular complexity index is 1500. The predicted octanol–water partition coefficient (Wildman–Crippen LogP) is 4.79. The van der Waals surface area contributed by atoms with E-state index in [1.165, 1.54) is 24.3 Å². The van der Waals surface area contributed by atoms with Crippen molar-refractivity contribution in [2.24, 2.45) is 5.92 Å². The van der Waals surface area contributed by atoms with Gasteiger partial charge < -0.3 is 14.7 Å². The van der Waals surface area contributed by atoms with Gasteiger partial charge in [0.1, 0.15) is 11.9 Å². The molecule has 0 fully saturated rings. The average Bonchev–Trinajstić information content (AvgIpc) is 3.00. The minimum absolute atomic E-state index is 0.0680. The van der Waals surface area contributed by atoms with E-state index in [1.54, 1.807) is 48.2 Å². The van der Waals surface area contributed by atoms with Crippen LogP contribution in [0.4, 0.5) is 18.9 Å². The molecule has 0 saturated heterocycles. The van der Waals surface area contributed by atoms with Gasteiger partial charge in [-0.1, -0.05) is 37.3 Å². The number of amides is 1. The van der Waals surface area contributed by atoms with Gasteiger partial charge in [0.2, 0.25) is 5.91 Å². The van der Waals surface area contributed by atoms with Crippen LogP contribution in [-0.2, 0) is 34.0 Å². The topological polar surface area (TPSA) is 99.2 Å². The van der Waals surface area contributed by atoms with Gasteiger partial charge in [-0.25, -0.2) is 8.42 Å². The number of benzene rings is 3. The molecule has 0 spiro atoms. The third-order valence-electron chi connectivity index (χ3n) is 7.45. The zero-order chi connectivity index (χ0) is 31.4. The fraction of sp³-hybridized carbons (Fsp3) is 0.387. The summed E-state index contributed by atoms with van der Waals surface area (Å²) in [5.41, 5.74) is 0.742. The summed E-state index contributed by atoms with van der Waals surface area (Å²) in [5, 5.41) is 9.86. The number of aliphatic hydroxyl groups is 1. The lowest BCUT2D eigenvalue weighted by atomic mass is 10.0. The number of alkyl halides is 3. The minimum atomic E-state index is -4.41. The first-order valence-corrected chi connectivity index (χ1v) is 15.4. The predicted molar refractivity (Wildman–Crippen MR) is 157 cm³/mol. The molecule has 232 valence electrons. The lowest BCUT2D eigenvalue weighted by Crippen LogP contribution is -2.47. The van der Waals surface area contributed by atoms with Crippen LogP contribution >= 0.6 is 0 Å². The first-order chi connectivity index (χ1) is 20.3. The number of fused-ring (bicyclic) bond motifs is 1. The molecule has 0 bridgehead atoms. The third kappa shape index (κ3) is 8.27. The highest BCUT2D eigenvalue weighted by Gasteiger charge is 2.32. The normalized spacial score (nSPS) is 18.7. The molecule has 8 nitrogen and oxygen atoms in total. The number of sulfonamides is 1. The number of anilines is 1. The highest BCUT2D eigenvalue weighted by Crippen LogP contribution is 2.31. The number of hydrogen-bond donors (Lipinski definition) is 2. The molecule has 12 heteroatoms. The van der Waals surface area contributed by atoms with E-state index in [2.05, 4.69) is 4.72 Å². The Morgan fingerprint density at radius 3 is 2.40 bits per heavy atom. The van der Waals surface area contributed by atoms with Gasteiger partial charge in [-0.3, -0.25) is 14.4 Å². The van der Waals surface area contributed by atoms with Crippen molar-refractivity contribution < 1.29 is 36.2 Å². The maximum absolute atomic E-state index is 13.4. The number of likely N-dealkylation sites (N-methyl/N-ethyl adjacent to an activating group) is 1. The van der Waals surface area contributed by atoms with Crippen LogP contribution in [0.15, 0.2) is 77.7 Å². The van der Waals surface area contributed by atoms with Gasteiger partial charge in [-0.05, 0) is 62.0 Å². The van der Waals surface area contributed by atoms with Crippen LogP contribution in [0.1, 0.15) is 30.5 Å². The largest absolute Gasteiger partial charge is 0.488 e. The molecule has 0 aromatic heterocycles. The van der Waals surface area contributed by atoms with E-state index in [1.807, 2.05) is 18.9 Å². The molecule has 0 radical (unpaired) electrons. The molecule has 2 N–H and O–H groups in total. The summed E-state index contributed by atoms with van der Waals surface area (Å²) in [5.74, 6) is 0.00424. The van der Waals surface area contributed by atoms with Crippen LogP contribution in [0, 0.1) is 5.92 Å². The Labute approximate surface area is 250 Å². The van der Waals surface area contributed by atoms with E-state index < -0.39 is 33.9 Å². The Hall–Kier alpha value is -3.61. The average molecular weight is 620 g/mol. The summed E-state index contributed by atoms with van der Waals surface area (Å²) in [6.07, 6.45) is -4.92. The smallest absolute Gasteiger partial charge is 0.416 e. The van der Waals surface area contributed by atoms with Gasteiger partial charge >= 0.3 is 6.18 Å². The standard InChI is InChI=1S/C31H36F3N3O5S/c1-21-17-37(22(2)20-38)30(39)16-24-15-26(35-43(40,41)27-7-5-4-6-8-27)13-14-28(24)42-29(21)19-36(3)18-23-9-11-25(12-10-23)31(32,33)34/h4-15,21-22,29,35,38H,16-20H2,1-3H3/t21-,22+,29+/m1/s1. The van der Waals surface area contributed by atoms with Crippen LogP contribution < -0.4 is 9.46 Å². The molecule has 1 aliphatic rings. The van der Waals surface area contributed by atoms with E-state index in [4.69, 9.17) is 4.74 Å². The number of nitrogens with one attached hydrogen (secondary N) is 1. The number of aliphatic hydroxyl groups excluding tert-OH is 1. The maximum Gasteiger partial charge on any atom is 0.416 e. The SMILES string of the molecule is C[C@@H]1CN([C@@H](C)CO)C(=O)Cc2cc(NS(=O)(=O)c3ccccc3)ccc2O[C@H]1CN(C)Cc1ccc(C(F)(F)F)cc1. The third-order valence-corrected chi connectivity index (χ3v) is 8.84. The molecule has 1 amide bonds. The summed E-state index contributed by atoms with van der Waals surface area (Å²) in [6, 6.07) is 17.3. The number of carbonyl (C=O) groups is 1. The number of carbonyl (C=O) groups excluding carboxylic acids is 1. The van der Waals surface area contributed by atoms with Crippen LogP contribution in [0.5, 0.6) is 5.75 Å². The Kier molecular flexibility index (Phi) is 10.0. The van der Waals surface area contributed by atoms with E-state index in [-0.39, 0.29) is 35.4 Å². The zero-order valence-electron chi connectivity index (χ0n) is 24.2. The molecular formula is C31H36F3N3O5S. The molecule has 4 rings (SSSR count). The van der Waals surface area contributed by atoms with E-state index >= 15 is 0 Å². The Balaban J connectivity index is 1.60. The Morgan fingerprint density at radius 2 is 1.77 bits per heavy atom. The quantitative estimate of drug-likeness (QED) is 0.358. The summed E-state index contributed by atoms with van der Waals surface area (Å²) >= 11 is 0. The van der Waals surface area contributed by atoms with Crippen molar-refractivity contribution >= 4 is 21.6 Å². The van der Waals surface area contributed by atoms with E-state index in [0.717, 1.165) is 12.1 Å². The number of rotatable bonds is 9. The van der Waals surface area contributed by atoms with Crippen LogP contribution in [0.2, 0.25) is 0 Å². The van der Waals surface area contributed by atoms with Crippen LogP contribution in [0.3, 0.4) is 0 Å². The first kappa shape index (κ1) is 32.3. The van der Waals surface area contributed by atoms with Crippen molar-refractivity contribution in [3.8, 4) is 5.75 Å². The molecule has 0 unspecified atom stereocenters. The van der Waals surface area contributed by atoms with E-state index in [0.29, 0.717) is 36.5 Å². The zero-order valence-corrected chi connectivity index (χ0v) is 25.0. The number of nitrogens with zero attached hydrogens (tertiary/aromatic N) is 2. The van der Waals surface area contributed by atoms with Crippen molar-refractivity contribution in [1.29, 1.82) is 0 Å². The number of ether oxygens (including phenoxy) is 1. The molecule has 1 aliphatic heterocycles. The van der Waals surface area contributed by atoms with Crippen LogP contribution in [0.25, 0.3) is 0 Å². The summed E-state index contributed by atoms with van der Waals surface area (Å²) < 4.78 is 73.8. The van der Waals surface area contributed by atoms with Gasteiger partial charge in [0, 0.05) is 36.8 Å². The van der Waals surface area contributed by atoms with Crippen molar-refractivity contribution in [2.45, 2.75) is 50.0 Å². The lowest BCUT2D eigenvalue weighted by Gasteiger charge is -2.34.